The molecule has 0 radical (unpaired) electrons. The zero-order valence-corrected chi connectivity index (χ0v) is 7.58. The van der Waals surface area contributed by atoms with Crippen LogP contribution >= 0.6 is 12.6 Å². The van der Waals surface area contributed by atoms with E-state index in [2.05, 4.69) is 25.6 Å². The average molecular weight is 198 g/mol. The molecule has 0 unspecified atom stereocenters. The predicted molar refractivity (Wildman–Crippen MR) is 50.6 cm³/mol. The number of thiol groups is 1. The van der Waals surface area contributed by atoms with Crippen molar-refractivity contribution >= 4 is 12.6 Å². The monoisotopic (exact) mass is 198 g/mol. The van der Waals surface area contributed by atoms with Crippen molar-refractivity contribution in [1.82, 2.24) is 0 Å². The summed E-state index contributed by atoms with van der Waals surface area (Å²) < 4.78 is 0. The number of halogens is 3. The molecule has 72 valence electrons. The molecule has 0 aliphatic heterocycles. The summed E-state index contributed by atoms with van der Waals surface area (Å²) in [5.41, 5.74) is 1.32. The molecule has 0 spiro atoms. The van der Waals surface area contributed by atoms with E-state index in [0.29, 0.717) is 0 Å². The van der Waals surface area contributed by atoms with Gasteiger partial charge in [0, 0.05) is 4.90 Å². The van der Waals surface area contributed by atoms with Crippen molar-refractivity contribution in [2.75, 3.05) is 0 Å². The SMILES string of the molecule is CCc1ccccc1S.F.F.F. The Morgan fingerprint density at radius 2 is 1.58 bits per heavy atom. The first-order valence-electron chi connectivity index (χ1n) is 3.11. The maximum absolute atomic E-state index is 4.28. The van der Waals surface area contributed by atoms with Crippen LogP contribution in [0.3, 0.4) is 0 Å². The van der Waals surface area contributed by atoms with E-state index >= 15 is 0 Å². The first-order chi connectivity index (χ1) is 4.34. The fraction of sp³-hybridized carbons (Fsp3) is 0.250. The molecule has 0 saturated heterocycles. The van der Waals surface area contributed by atoms with E-state index in [0.717, 1.165) is 11.3 Å². The van der Waals surface area contributed by atoms with Crippen LogP contribution in [0.15, 0.2) is 29.2 Å². The maximum Gasteiger partial charge on any atom is 0.00719 e. The lowest BCUT2D eigenvalue weighted by Gasteiger charge is -1.97. The van der Waals surface area contributed by atoms with Crippen LogP contribution in [0, 0.1) is 0 Å². The molecule has 0 aliphatic rings. The summed E-state index contributed by atoms with van der Waals surface area (Å²) >= 11 is 4.28. The Balaban J connectivity index is -0.000000270. The van der Waals surface area contributed by atoms with Crippen molar-refractivity contribution in [2.24, 2.45) is 0 Å². The van der Waals surface area contributed by atoms with Crippen LogP contribution in [0.2, 0.25) is 0 Å². The van der Waals surface area contributed by atoms with Crippen molar-refractivity contribution in [1.29, 1.82) is 0 Å². The molecule has 1 aromatic carbocycles. The van der Waals surface area contributed by atoms with Gasteiger partial charge in [0.1, 0.15) is 0 Å². The molecule has 0 aromatic heterocycles. The van der Waals surface area contributed by atoms with Crippen molar-refractivity contribution in [3.05, 3.63) is 29.8 Å². The Bertz CT molecular complexity index is 203. The summed E-state index contributed by atoms with van der Waals surface area (Å²) in [4.78, 5) is 1.10. The van der Waals surface area contributed by atoms with E-state index in [4.69, 9.17) is 0 Å². The van der Waals surface area contributed by atoms with Gasteiger partial charge in [-0.25, -0.2) is 0 Å². The minimum atomic E-state index is 0. The minimum Gasteiger partial charge on any atom is -0.269 e. The topological polar surface area (TPSA) is 0 Å². The van der Waals surface area contributed by atoms with Crippen LogP contribution in [0.5, 0.6) is 0 Å². The van der Waals surface area contributed by atoms with Gasteiger partial charge in [0.05, 0.1) is 0 Å². The molecule has 1 rings (SSSR count). The van der Waals surface area contributed by atoms with Crippen LogP contribution < -0.4 is 0 Å². The van der Waals surface area contributed by atoms with Crippen LogP contribution in [0.25, 0.3) is 0 Å². The summed E-state index contributed by atoms with van der Waals surface area (Å²) in [5.74, 6) is 0. The number of benzene rings is 1. The van der Waals surface area contributed by atoms with E-state index in [9.17, 15) is 0 Å². The lowest BCUT2D eigenvalue weighted by Crippen LogP contribution is -1.79. The molecule has 0 aliphatic carbocycles. The van der Waals surface area contributed by atoms with E-state index in [1.165, 1.54) is 5.56 Å². The summed E-state index contributed by atoms with van der Waals surface area (Å²) in [6, 6.07) is 8.16. The van der Waals surface area contributed by atoms with Crippen LogP contribution in [0.4, 0.5) is 14.1 Å². The van der Waals surface area contributed by atoms with E-state index in [1.54, 1.807) is 0 Å². The Morgan fingerprint density at radius 1 is 1.08 bits per heavy atom. The second-order valence-corrected chi connectivity index (χ2v) is 2.46. The Kier molecular flexibility index (Phi) is 12.3. The number of rotatable bonds is 1. The summed E-state index contributed by atoms with van der Waals surface area (Å²) in [6.45, 7) is 2.13. The molecule has 0 fully saturated rings. The second kappa shape index (κ2) is 8.46. The Hall–Kier alpha value is -0.640. The lowest BCUT2D eigenvalue weighted by molar-refractivity contribution is 1.09. The molecule has 0 atom stereocenters. The quantitative estimate of drug-likeness (QED) is 0.659. The van der Waals surface area contributed by atoms with E-state index < -0.39 is 0 Å². The van der Waals surface area contributed by atoms with Crippen molar-refractivity contribution < 1.29 is 14.1 Å². The maximum atomic E-state index is 4.28. The van der Waals surface area contributed by atoms with E-state index in [-0.39, 0.29) is 14.1 Å². The standard InChI is InChI=1S/C8H10S.3FH/c1-2-7-5-3-4-6-8(7)9;;;/h3-6,9H,2H2,1H3;3*1H. The van der Waals surface area contributed by atoms with Crippen molar-refractivity contribution in [2.45, 2.75) is 18.2 Å². The molecule has 0 N–H and O–H groups in total. The van der Waals surface area contributed by atoms with Crippen molar-refractivity contribution in [3.63, 3.8) is 0 Å². The third-order valence-electron chi connectivity index (χ3n) is 1.37. The van der Waals surface area contributed by atoms with Gasteiger partial charge < -0.3 is 0 Å². The van der Waals surface area contributed by atoms with Gasteiger partial charge in [-0.1, -0.05) is 25.1 Å². The highest BCUT2D eigenvalue weighted by atomic mass is 32.1. The summed E-state index contributed by atoms with van der Waals surface area (Å²) in [5, 5.41) is 0. The highest BCUT2D eigenvalue weighted by Gasteiger charge is 1.90. The molecule has 0 heterocycles. The van der Waals surface area contributed by atoms with Gasteiger partial charge in [0.15, 0.2) is 0 Å². The fourth-order valence-corrected chi connectivity index (χ4v) is 1.13. The minimum absolute atomic E-state index is 0. The van der Waals surface area contributed by atoms with Crippen molar-refractivity contribution in [3.8, 4) is 0 Å². The highest BCUT2D eigenvalue weighted by molar-refractivity contribution is 7.80. The van der Waals surface area contributed by atoms with Gasteiger partial charge >= 0.3 is 0 Å². The predicted octanol–water partition coefficient (Wildman–Crippen LogP) is 3.00. The largest absolute Gasteiger partial charge is 0.269 e. The zero-order chi connectivity index (χ0) is 6.69. The Morgan fingerprint density at radius 3 is 1.92 bits per heavy atom. The molecule has 12 heavy (non-hydrogen) atoms. The van der Waals surface area contributed by atoms with Crippen LogP contribution in [-0.4, -0.2) is 0 Å². The molecule has 1 aromatic rings. The molecule has 0 bridgehead atoms. The van der Waals surface area contributed by atoms with Gasteiger partial charge in [0.2, 0.25) is 0 Å². The number of hydrogen-bond donors (Lipinski definition) is 1. The Labute approximate surface area is 75.5 Å². The third-order valence-corrected chi connectivity index (χ3v) is 1.81. The second-order valence-electron chi connectivity index (χ2n) is 1.98. The normalized spacial score (nSPS) is 7.17. The molecule has 0 amide bonds. The third kappa shape index (κ3) is 4.28. The first kappa shape index (κ1) is 17.4. The number of hydrogen-bond acceptors (Lipinski definition) is 1. The lowest BCUT2D eigenvalue weighted by atomic mass is 10.2. The molecular formula is C8H13F3S. The average Bonchev–Trinajstić information content (AvgIpc) is 1.89. The molecule has 0 nitrogen and oxygen atoms in total. The summed E-state index contributed by atoms with van der Waals surface area (Å²) in [6.07, 6.45) is 1.07. The fourth-order valence-electron chi connectivity index (χ4n) is 0.810. The van der Waals surface area contributed by atoms with Gasteiger partial charge in [-0.05, 0) is 18.1 Å². The van der Waals surface area contributed by atoms with Crippen LogP contribution in [0.1, 0.15) is 12.5 Å². The highest BCUT2D eigenvalue weighted by Crippen LogP contribution is 2.12. The molecular weight excluding hydrogens is 185 g/mol. The van der Waals surface area contributed by atoms with Gasteiger partial charge in [-0.2, -0.15) is 0 Å². The van der Waals surface area contributed by atoms with Gasteiger partial charge in [-0.15, -0.1) is 12.6 Å². The molecule has 4 heteroatoms. The van der Waals surface area contributed by atoms with Gasteiger partial charge in [-0.3, -0.25) is 14.1 Å². The first-order valence-corrected chi connectivity index (χ1v) is 3.56. The smallest absolute Gasteiger partial charge is 0.00719 e. The molecule has 0 saturated carbocycles. The van der Waals surface area contributed by atoms with Crippen LogP contribution in [-0.2, 0) is 6.42 Å². The van der Waals surface area contributed by atoms with Gasteiger partial charge in [0.25, 0.3) is 0 Å². The zero-order valence-electron chi connectivity index (χ0n) is 6.69. The van der Waals surface area contributed by atoms with E-state index in [1.807, 2.05) is 18.2 Å². The number of aryl methyl sites for hydroxylation is 1. The summed E-state index contributed by atoms with van der Waals surface area (Å²) in [7, 11) is 0.